The fourth-order valence-electron chi connectivity index (χ4n) is 4.52. The number of aliphatic hydroxyl groups is 1. The summed E-state index contributed by atoms with van der Waals surface area (Å²) in [6.07, 6.45) is 12.6. The second-order valence-corrected chi connectivity index (χ2v) is 8.98. The molecule has 0 aromatic rings. The summed E-state index contributed by atoms with van der Waals surface area (Å²) in [5, 5.41) is 11.1. The van der Waals surface area contributed by atoms with Crippen LogP contribution in [0.3, 0.4) is 0 Å². The Morgan fingerprint density at radius 2 is 1.62 bits per heavy atom. The maximum atomic E-state index is 11.1. The zero-order valence-corrected chi connectivity index (χ0v) is 19.5. The molecule has 0 bridgehead atoms. The van der Waals surface area contributed by atoms with Gasteiger partial charge in [0.1, 0.15) is 18.0 Å². The van der Waals surface area contributed by atoms with Gasteiger partial charge in [0.05, 0.1) is 12.6 Å². The highest BCUT2D eigenvalue weighted by atomic mass is 16.8. The van der Waals surface area contributed by atoms with Crippen molar-refractivity contribution >= 4 is 0 Å². The van der Waals surface area contributed by atoms with Gasteiger partial charge in [-0.15, -0.1) is 0 Å². The van der Waals surface area contributed by atoms with Crippen molar-refractivity contribution in [1.82, 2.24) is 4.90 Å². The Kier molecular flexibility index (Phi) is 10.4. The van der Waals surface area contributed by atoms with E-state index in [1.807, 2.05) is 13.8 Å². The number of unbranched alkanes of at least 4 members (excludes halogenated alkanes) is 8. The van der Waals surface area contributed by atoms with E-state index in [-0.39, 0.29) is 18.2 Å². The van der Waals surface area contributed by atoms with Crippen LogP contribution < -0.4 is 0 Å². The van der Waals surface area contributed by atoms with Gasteiger partial charge >= 0.3 is 0 Å². The van der Waals surface area contributed by atoms with Crippen molar-refractivity contribution in [1.29, 1.82) is 0 Å². The smallest absolute Gasteiger partial charge is 0.163 e. The van der Waals surface area contributed by atoms with Crippen molar-refractivity contribution in [3.63, 3.8) is 0 Å². The molecule has 2 heterocycles. The highest BCUT2D eigenvalue weighted by Crippen LogP contribution is 2.36. The summed E-state index contributed by atoms with van der Waals surface area (Å²) in [6, 6.07) is -0.0867. The number of hydrogen-bond donors (Lipinski definition) is 1. The zero-order valence-electron chi connectivity index (χ0n) is 19.5. The molecule has 170 valence electrons. The van der Waals surface area contributed by atoms with E-state index >= 15 is 0 Å². The molecule has 5 heteroatoms. The van der Waals surface area contributed by atoms with Gasteiger partial charge in [0.15, 0.2) is 11.9 Å². The van der Waals surface area contributed by atoms with E-state index in [4.69, 9.17) is 14.2 Å². The van der Waals surface area contributed by atoms with Crippen LogP contribution in [0.2, 0.25) is 0 Å². The Labute approximate surface area is 178 Å². The standard InChI is InChI=1S/C24H45NO4/c1-6-9-10-11-12-13-14-15-16-17-19-21(25(7-2)8-3)22(26)23(28-19)20-18-27-24(4,5)29-20/h17,20-23,26H,6-16,18H2,1-5H3/b19-17-/t20-,21+,22-,23-/m1/s1. The minimum atomic E-state index is -0.609. The predicted octanol–water partition coefficient (Wildman–Crippen LogP) is 5.02. The first-order chi connectivity index (χ1) is 13.9. The third-order valence-electron chi connectivity index (χ3n) is 6.23. The number of hydrogen-bond acceptors (Lipinski definition) is 5. The van der Waals surface area contributed by atoms with Crippen LogP contribution in [-0.2, 0) is 14.2 Å². The second-order valence-electron chi connectivity index (χ2n) is 8.98. The number of allylic oxidation sites excluding steroid dienone is 1. The maximum Gasteiger partial charge on any atom is 0.163 e. The van der Waals surface area contributed by atoms with Crippen molar-refractivity contribution < 1.29 is 19.3 Å². The summed E-state index contributed by atoms with van der Waals surface area (Å²) in [7, 11) is 0. The fraction of sp³-hybridized carbons (Fsp3) is 0.917. The van der Waals surface area contributed by atoms with E-state index in [0.29, 0.717) is 6.61 Å². The van der Waals surface area contributed by atoms with Gasteiger partial charge in [0.25, 0.3) is 0 Å². The highest BCUT2D eigenvalue weighted by Gasteiger charge is 2.50. The van der Waals surface area contributed by atoms with E-state index in [9.17, 15) is 5.11 Å². The number of aliphatic hydroxyl groups excluding tert-OH is 1. The van der Waals surface area contributed by atoms with Gasteiger partial charge in [-0.1, -0.05) is 65.7 Å². The van der Waals surface area contributed by atoms with E-state index in [1.165, 1.54) is 51.4 Å². The lowest BCUT2D eigenvalue weighted by Gasteiger charge is -2.28. The highest BCUT2D eigenvalue weighted by molar-refractivity contribution is 5.16. The Morgan fingerprint density at radius 3 is 2.17 bits per heavy atom. The molecule has 1 N–H and O–H groups in total. The van der Waals surface area contributed by atoms with Crippen LogP contribution in [0.5, 0.6) is 0 Å². The van der Waals surface area contributed by atoms with Crippen LogP contribution in [0.15, 0.2) is 11.8 Å². The minimum absolute atomic E-state index is 0.0867. The number of nitrogens with zero attached hydrogens (tertiary/aromatic N) is 1. The summed E-state index contributed by atoms with van der Waals surface area (Å²) in [4.78, 5) is 2.28. The SMILES string of the molecule is CCCCCCCCCC/C=C1\O[C@H]([C@H]2COC(C)(C)O2)[C@H](O)[C@H]1N(CC)CC. The molecule has 2 aliphatic heterocycles. The molecule has 0 aromatic carbocycles. The van der Waals surface area contributed by atoms with Crippen molar-refractivity contribution in [2.24, 2.45) is 0 Å². The zero-order chi connectivity index (χ0) is 21.3. The number of ether oxygens (including phenoxy) is 3. The van der Waals surface area contributed by atoms with E-state index in [0.717, 1.165) is 25.3 Å². The second kappa shape index (κ2) is 12.3. The van der Waals surface area contributed by atoms with Gasteiger partial charge in [-0.2, -0.15) is 0 Å². The topological polar surface area (TPSA) is 51.2 Å². The van der Waals surface area contributed by atoms with Gasteiger partial charge < -0.3 is 19.3 Å². The lowest BCUT2D eigenvalue weighted by Crippen LogP contribution is -2.47. The van der Waals surface area contributed by atoms with Crippen LogP contribution in [-0.4, -0.2) is 59.8 Å². The largest absolute Gasteiger partial charge is 0.488 e. The van der Waals surface area contributed by atoms with Gasteiger partial charge in [0.2, 0.25) is 0 Å². The molecule has 0 amide bonds. The quantitative estimate of drug-likeness (QED) is 0.431. The van der Waals surface area contributed by atoms with Gasteiger partial charge in [-0.25, -0.2) is 0 Å². The van der Waals surface area contributed by atoms with Crippen molar-refractivity contribution in [2.75, 3.05) is 19.7 Å². The lowest BCUT2D eigenvalue weighted by molar-refractivity contribution is -0.156. The molecule has 0 radical (unpaired) electrons. The fourth-order valence-corrected chi connectivity index (χ4v) is 4.52. The van der Waals surface area contributed by atoms with Crippen molar-refractivity contribution in [3.8, 4) is 0 Å². The molecule has 0 aliphatic carbocycles. The average Bonchev–Trinajstić information content (AvgIpc) is 3.21. The van der Waals surface area contributed by atoms with Crippen molar-refractivity contribution in [2.45, 2.75) is 123 Å². The van der Waals surface area contributed by atoms with Crippen molar-refractivity contribution in [3.05, 3.63) is 11.8 Å². The maximum absolute atomic E-state index is 11.1. The molecule has 2 rings (SSSR count). The lowest BCUT2D eigenvalue weighted by atomic mass is 10.0. The van der Waals surface area contributed by atoms with Crippen LogP contribution in [0.25, 0.3) is 0 Å². The molecule has 29 heavy (non-hydrogen) atoms. The van der Waals surface area contributed by atoms with Gasteiger partial charge in [-0.3, -0.25) is 4.90 Å². The predicted molar refractivity (Wildman–Crippen MR) is 118 cm³/mol. The van der Waals surface area contributed by atoms with Gasteiger partial charge in [-0.05, 0) is 45.9 Å². The Bertz CT molecular complexity index is 489. The first kappa shape index (κ1) is 24.6. The molecule has 0 saturated carbocycles. The summed E-state index contributed by atoms with van der Waals surface area (Å²) in [5.41, 5.74) is 0. The third kappa shape index (κ3) is 7.23. The molecule has 0 unspecified atom stereocenters. The van der Waals surface area contributed by atoms with E-state index in [1.54, 1.807) is 0 Å². The van der Waals surface area contributed by atoms with Crippen LogP contribution in [0.4, 0.5) is 0 Å². The minimum Gasteiger partial charge on any atom is -0.488 e. The number of likely N-dealkylation sites (N-methyl/N-ethyl adjacent to an activating group) is 1. The van der Waals surface area contributed by atoms with E-state index in [2.05, 4.69) is 31.7 Å². The molecule has 2 aliphatic rings. The van der Waals surface area contributed by atoms with Crippen LogP contribution >= 0.6 is 0 Å². The molecular weight excluding hydrogens is 366 g/mol. The van der Waals surface area contributed by atoms with Crippen LogP contribution in [0, 0.1) is 0 Å². The summed E-state index contributed by atoms with van der Waals surface area (Å²) < 4.78 is 18.0. The molecule has 2 saturated heterocycles. The van der Waals surface area contributed by atoms with E-state index < -0.39 is 11.9 Å². The molecule has 0 spiro atoms. The molecule has 4 atom stereocenters. The van der Waals surface area contributed by atoms with Gasteiger partial charge in [0, 0.05) is 0 Å². The Morgan fingerprint density at radius 1 is 1.00 bits per heavy atom. The van der Waals surface area contributed by atoms with Crippen LogP contribution in [0.1, 0.15) is 92.4 Å². The summed E-state index contributed by atoms with van der Waals surface area (Å²) in [6.45, 7) is 12.6. The molecule has 2 fully saturated rings. The summed E-state index contributed by atoms with van der Waals surface area (Å²) >= 11 is 0. The number of rotatable bonds is 13. The summed E-state index contributed by atoms with van der Waals surface area (Å²) in [5.74, 6) is 0.310. The monoisotopic (exact) mass is 411 g/mol. The molecule has 0 aromatic heterocycles. The third-order valence-corrected chi connectivity index (χ3v) is 6.23. The first-order valence-corrected chi connectivity index (χ1v) is 12.0. The first-order valence-electron chi connectivity index (χ1n) is 12.0. The molecule has 5 nitrogen and oxygen atoms in total. The normalized spacial score (nSPS) is 30.4. The average molecular weight is 412 g/mol. The Balaban J connectivity index is 1.88. The molecular formula is C24H45NO4. The Hall–Kier alpha value is -0.620.